The van der Waals surface area contributed by atoms with Gasteiger partial charge in [-0.15, -0.1) is 0 Å². The number of amides is 1. The Morgan fingerprint density at radius 2 is 2.42 bits per heavy atom. The van der Waals surface area contributed by atoms with Gasteiger partial charge in [0.25, 0.3) is 0 Å². The highest BCUT2D eigenvalue weighted by atomic mass is 16.6. The van der Waals surface area contributed by atoms with Crippen LogP contribution in [0, 0.1) is 5.92 Å². The number of fused-ring (bicyclic) bond motifs is 3. The molecule has 3 heterocycles. The van der Waals surface area contributed by atoms with Crippen LogP contribution >= 0.6 is 0 Å². The first-order valence-corrected chi connectivity index (χ1v) is 3.99. The number of oxime groups is 1. The molecule has 3 aliphatic heterocycles. The summed E-state index contributed by atoms with van der Waals surface area (Å²) in [5.41, 5.74) is 0.987. The Labute approximate surface area is 68.9 Å². The van der Waals surface area contributed by atoms with Gasteiger partial charge in [0, 0.05) is 6.54 Å². The molecule has 0 aromatic heterocycles. The highest BCUT2D eigenvalue weighted by molar-refractivity contribution is 5.98. The van der Waals surface area contributed by atoms with E-state index >= 15 is 0 Å². The number of hydrogen-bond donors (Lipinski definition) is 0. The van der Waals surface area contributed by atoms with E-state index in [1.54, 1.807) is 4.90 Å². The van der Waals surface area contributed by atoms with Crippen molar-refractivity contribution in [1.29, 1.82) is 0 Å². The summed E-state index contributed by atoms with van der Waals surface area (Å²) in [5, 5.41) is 3.92. The summed E-state index contributed by atoms with van der Waals surface area (Å²) in [6.45, 7) is 1.77. The minimum atomic E-state index is -0.211. The molecule has 0 bridgehead atoms. The Bertz CT molecular complexity index is 276. The van der Waals surface area contributed by atoms with Crippen molar-refractivity contribution in [2.75, 3.05) is 19.8 Å². The summed E-state index contributed by atoms with van der Waals surface area (Å²) < 4.78 is 4.88. The zero-order chi connectivity index (χ0) is 8.13. The zero-order valence-electron chi connectivity index (χ0n) is 6.40. The second-order valence-corrected chi connectivity index (χ2v) is 3.25. The topological polar surface area (TPSA) is 51.1 Å². The average molecular weight is 168 g/mol. The van der Waals surface area contributed by atoms with Gasteiger partial charge in [-0.25, -0.2) is 4.79 Å². The Morgan fingerprint density at radius 1 is 1.50 bits per heavy atom. The van der Waals surface area contributed by atoms with Crippen molar-refractivity contribution < 1.29 is 14.4 Å². The van der Waals surface area contributed by atoms with E-state index in [2.05, 4.69) is 5.16 Å². The van der Waals surface area contributed by atoms with Crippen molar-refractivity contribution in [3.63, 3.8) is 0 Å². The summed E-state index contributed by atoms with van der Waals surface area (Å²) in [6, 6.07) is 0.0602. The first-order chi connectivity index (χ1) is 5.86. The number of hydrogen-bond acceptors (Lipinski definition) is 4. The molecule has 1 amide bonds. The summed E-state index contributed by atoms with van der Waals surface area (Å²) in [6.07, 6.45) is -0.211. The van der Waals surface area contributed by atoms with Crippen LogP contribution in [0.4, 0.5) is 4.79 Å². The second-order valence-electron chi connectivity index (χ2n) is 3.25. The molecule has 2 fully saturated rings. The van der Waals surface area contributed by atoms with E-state index in [0.717, 1.165) is 5.71 Å². The van der Waals surface area contributed by atoms with E-state index in [9.17, 15) is 4.79 Å². The quantitative estimate of drug-likeness (QED) is 0.504. The smallest absolute Gasteiger partial charge is 0.410 e. The molecule has 3 aliphatic rings. The predicted molar refractivity (Wildman–Crippen MR) is 38.7 cm³/mol. The van der Waals surface area contributed by atoms with Crippen LogP contribution in [0.25, 0.3) is 0 Å². The van der Waals surface area contributed by atoms with E-state index in [4.69, 9.17) is 9.57 Å². The standard InChI is InChI=1S/C7H8N2O3/c10-7-9-1-4-2-12-8-6(4)5(9)3-11-7/h4-5H,1-3H2/t4-,5+/m1/s1. The molecule has 0 unspecified atom stereocenters. The number of carbonyl (C=O) groups excluding carboxylic acids is 1. The molecular formula is C7H8N2O3. The van der Waals surface area contributed by atoms with Crippen LogP contribution < -0.4 is 0 Å². The minimum absolute atomic E-state index is 0.0602. The van der Waals surface area contributed by atoms with Gasteiger partial charge >= 0.3 is 6.09 Å². The molecule has 12 heavy (non-hydrogen) atoms. The lowest BCUT2D eigenvalue weighted by atomic mass is 10.1. The lowest BCUT2D eigenvalue weighted by molar-refractivity contribution is 0.135. The van der Waals surface area contributed by atoms with E-state index in [1.807, 2.05) is 0 Å². The number of nitrogens with zero attached hydrogens (tertiary/aromatic N) is 2. The van der Waals surface area contributed by atoms with Crippen LogP contribution in [-0.2, 0) is 9.57 Å². The highest BCUT2D eigenvalue weighted by Gasteiger charge is 2.49. The normalized spacial score (nSPS) is 37.2. The van der Waals surface area contributed by atoms with Crippen LogP contribution in [-0.4, -0.2) is 42.5 Å². The van der Waals surface area contributed by atoms with Gasteiger partial charge in [-0.3, -0.25) is 4.90 Å². The fourth-order valence-electron chi connectivity index (χ4n) is 1.98. The van der Waals surface area contributed by atoms with Crippen LogP contribution in [0.1, 0.15) is 0 Å². The third-order valence-electron chi connectivity index (χ3n) is 2.60. The van der Waals surface area contributed by atoms with Crippen LogP contribution in [0.2, 0.25) is 0 Å². The molecule has 5 nitrogen and oxygen atoms in total. The fraction of sp³-hybridized carbons (Fsp3) is 0.714. The van der Waals surface area contributed by atoms with Gasteiger partial charge < -0.3 is 9.57 Å². The van der Waals surface area contributed by atoms with Crippen LogP contribution in [0.3, 0.4) is 0 Å². The maximum Gasteiger partial charge on any atom is 0.410 e. The number of cyclic esters (lactones) is 1. The summed E-state index contributed by atoms with van der Waals surface area (Å²) in [5.74, 6) is 0.322. The number of ether oxygens (including phenoxy) is 1. The van der Waals surface area contributed by atoms with Crippen molar-refractivity contribution in [2.24, 2.45) is 11.1 Å². The van der Waals surface area contributed by atoms with Crippen LogP contribution in [0.5, 0.6) is 0 Å². The maximum absolute atomic E-state index is 11.1. The third kappa shape index (κ3) is 0.592. The number of carbonyl (C=O) groups is 1. The van der Waals surface area contributed by atoms with Crippen molar-refractivity contribution in [2.45, 2.75) is 6.04 Å². The largest absolute Gasteiger partial charge is 0.447 e. The SMILES string of the molecule is O=C1OC[C@H]2C3=NOC[C@H]3CN12. The van der Waals surface area contributed by atoms with Gasteiger partial charge in [0.05, 0.1) is 11.6 Å². The molecule has 0 radical (unpaired) electrons. The Balaban J connectivity index is 1.96. The Morgan fingerprint density at radius 3 is 3.33 bits per heavy atom. The van der Waals surface area contributed by atoms with Crippen molar-refractivity contribution in [1.82, 2.24) is 4.90 Å². The predicted octanol–water partition coefficient (Wildman–Crippen LogP) is -0.177. The molecule has 3 rings (SSSR count). The molecule has 0 aliphatic carbocycles. The molecule has 0 aromatic carbocycles. The van der Waals surface area contributed by atoms with E-state index in [1.165, 1.54) is 0 Å². The van der Waals surface area contributed by atoms with Gasteiger partial charge in [-0.05, 0) is 0 Å². The fourth-order valence-corrected chi connectivity index (χ4v) is 1.98. The van der Waals surface area contributed by atoms with Crippen molar-refractivity contribution in [3.05, 3.63) is 0 Å². The van der Waals surface area contributed by atoms with Crippen LogP contribution in [0.15, 0.2) is 5.16 Å². The molecule has 0 aromatic rings. The van der Waals surface area contributed by atoms with E-state index in [0.29, 0.717) is 25.7 Å². The molecular weight excluding hydrogens is 160 g/mol. The molecule has 0 N–H and O–H groups in total. The van der Waals surface area contributed by atoms with Gasteiger partial charge in [0.15, 0.2) is 0 Å². The monoisotopic (exact) mass is 168 g/mol. The van der Waals surface area contributed by atoms with Crippen molar-refractivity contribution >= 4 is 11.8 Å². The molecule has 2 atom stereocenters. The summed E-state index contributed by atoms with van der Waals surface area (Å²) in [4.78, 5) is 17.8. The lowest BCUT2D eigenvalue weighted by Gasteiger charge is -2.09. The van der Waals surface area contributed by atoms with E-state index in [-0.39, 0.29) is 12.1 Å². The first-order valence-electron chi connectivity index (χ1n) is 3.99. The Hall–Kier alpha value is -1.26. The van der Waals surface area contributed by atoms with Gasteiger partial charge in [-0.2, -0.15) is 0 Å². The van der Waals surface area contributed by atoms with Gasteiger partial charge in [0.1, 0.15) is 19.3 Å². The Kier molecular flexibility index (Phi) is 0.999. The number of rotatable bonds is 0. The zero-order valence-corrected chi connectivity index (χ0v) is 6.40. The van der Waals surface area contributed by atoms with E-state index < -0.39 is 0 Å². The average Bonchev–Trinajstić information content (AvgIpc) is 2.63. The molecule has 64 valence electrons. The molecule has 0 spiro atoms. The second kappa shape index (κ2) is 1.91. The van der Waals surface area contributed by atoms with Crippen molar-refractivity contribution in [3.8, 4) is 0 Å². The molecule has 2 saturated heterocycles. The first kappa shape index (κ1) is 6.28. The molecule has 5 heteroatoms. The minimum Gasteiger partial charge on any atom is -0.447 e. The highest BCUT2D eigenvalue weighted by Crippen LogP contribution is 2.29. The third-order valence-corrected chi connectivity index (χ3v) is 2.60. The van der Waals surface area contributed by atoms with Gasteiger partial charge in [0.2, 0.25) is 0 Å². The summed E-state index contributed by atoms with van der Waals surface area (Å²) in [7, 11) is 0. The maximum atomic E-state index is 11.1. The van der Waals surface area contributed by atoms with Gasteiger partial charge in [-0.1, -0.05) is 5.16 Å². The molecule has 0 saturated carbocycles. The lowest BCUT2D eigenvalue weighted by Crippen LogP contribution is -2.30. The summed E-state index contributed by atoms with van der Waals surface area (Å²) >= 11 is 0.